The van der Waals surface area contributed by atoms with Crippen LogP contribution in [0.2, 0.25) is 0 Å². The smallest absolute Gasteiger partial charge is 0.244 e. The van der Waals surface area contributed by atoms with E-state index in [2.05, 4.69) is 9.88 Å². The zero-order valence-corrected chi connectivity index (χ0v) is 16.1. The number of oxime groups is 1. The second kappa shape index (κ2) is 7.09. The average Bonchev–Trinajstić information content (AvgIpc) is 2.93. The number of sulfonamides is 1. The number of benzene rings is 2. The van der Waals surface area contributed by atoms with Gasteiger partial charge in [0.15, 0.2) is 6.23 Å². The Morgan fingerprint density at radius 3 is 2.27 bits per heavy atom. The highest BCUT2D eigenvalue weighted by Gasteiger charge is 2.33. The molecule has 1 aliphatic heterocycles. The first-order valence-electron chi connectivity index (χ1n) is 8.39. The van der Waals surface area contributed by atoms with E-state index in [1.807, 2.05) is 69.2 Å². The first-order chi connectivity index (χ1) is 12.3. The summed E-state index contributed by atoms with van der Waals surface area (Å²) in [6.07, 6.45) is -0.697. The molecular weight excluding hydrogens is 350 g/mol. The molecule has 6 nitrogen and oxygen atoms in total. The molecule has 0 aromatic heterocycles. The van der Waals surface area contributed by atoms with Gasteiger partial charge in [0.05, 0.1) is 16.5 Å². The molecule has 2 unspecified atom stereocenters. The molecule has 0 saturated heterocycles. The Balaban J connectivity index is 2.03. The Bertz CT molecular complexity index is 939. The Labute approximate surface area is 154 Å². The summed E-state index contributed by atoms with van der Waals surface area (Å²) in [5, 5.41) is 3.88. The molecule has 0 saturated carbocycles. The Hall–Kier alpha value is -2.38. The molecule has 1 aliphatic rings. The van der Waals surface area contributed by atoms with Crippen molar-refractivity contribution in [2.75, 3.05) is 19.0 Å². The van der Waals surface area contributed by atoms with Crippen molar-refractivity contribution in [1.29, 1.82) is 0 Å². The molecule has 0 aliphatic carbocycles. The number of nitrogens with one attached hydrogen (secondary N) is 1. The summed E-state index contributed by atoms with van der Waals surface area (Å²) in [7, 11) is 0.0776. The number of nitrogens with zero attached hydrogens (tertiary/aromatic N) is 2. The zero-order chi connectivity index (χ0) is 18.9. The Morgan fingerprint density at radius 2 is 1.65 bits per heavy atom. The number of anilines is 1. The van der Waals surface area contributed by atoms with Crippen molar-refractivity contribution in [1.82, 2.24) is 4.72 Å². The van der Waals surface area contributed by atoms with Gasteiger partial charge in [-0.2, -0.15) is 4.72 Å². The van der Waals surface area contributed by atoms with Crippen LogP contribution in [0.5, 0.6) is 0 Å². The van der Waals surface area contributed by atoms with Crippen molar-refractivity contribution < 1.29 is 13.3 Å². The van der Waals surface area contributed by atoms with Crippen LogP contribution in [0.15, 0.2) is 58.6 Å². The SMILES string of the molecule is CC1=NOC(NS(=O)(=O)c2ccccc2-c2ccccc2N(C)C)C1C. The molecule has 0 radical (unpaired) electrons. The molecule has 3 rings (SSSR count). The monoisotopic (exact) mass is 373 g/mol. The third-order valence-electron chi connectivity index (χ3n) is 4.55. The maximum absolute atomic E-state index is 13.1. The van der Waals surface area contributed by atoms with Gasteiger partial charge in [0.1, 0.15) is 0 Å². The van der Waals surface area contributed by atoms with Crippen molar-refractivity contribution in [3.63, 3.8) is 0 Å². The highest BCUT2D eigenvalue weighted by molar-refractivity contribution is 7.89. The molecule has 0 fully saturated rings. The summed E-state index contributed by atoms with van der Waals surface area (Å²) in [6.45, 7) is 3.70. The van der Waals surface area contributed by atoms with Crippen molar-refractivity contribution in [2.24, 2.45) is 11.1 Å². The average molecular weight is 373 g/mol. The zero-order valence-electron chi connectivity index (χ0n) is 15.3. The first-order valence-corrected chi connectivity index (χ1v) is 9.88. The standard InChI is InChI=1S/C19H23N3O3S/c1-13-14(2)20-25-19(13)21-26(23,24)18-12-8-6-10-16(18)15-9-5-7-11-17(15)22(3)4/h5-13,19,21H,1-4H3. The van der Waals surface area contributed by atoms with Crippen LogP contribution in [0.4, 0.5) is 5.69 Å². The lowest BCUT2D eigenvalue weighted by molar-refractivity contribution is 0.0576. The van der Waals surface area contributed by atoms with Gasteiger partial charge in [-0.15, -0.1) is 0 Å². The molecule has 7 heteroatoms. The van der Waals surface area contributed by atoms with Crippen molar-refractivity contribution >= 4 is 21.4 Å². The second-order valence-corrected chi connectivity index (χ2v) is 8.26. The van der Waals surface area contributed by atoms with Gasteiger partial charge in [-0.3, -0.25) is 0 Å². The normalized spacial score (nSPS) is 19.8. The molecule has 26 heavy (non-hydrogen) atoms. The van der Waals surface area contributed by atoms with Crippen LogP contribution in [0.3, 0.4) is 0 Å². The van der Waals surface area contributed by atoms with E-state index in [9.17, 15) is 8.42 Å². The van der Waals surface area contributed by atoms with E-state index in [0.29, 0.717) is 5.56 Å². The Kier molecular flexibility index (Phi) is 5.02. The van der Waals surface area contributed by atoms with E-state index < -0.39 is 16.3 Å². The molecule has 0 spiro atoms. The summed E-state index contributed by atoms with van der Waals surface area (Å²) in [4.78, 5) is 7.41. The van der Waals surface area contributed by atoms with Gasteiger partial charge >= 0.3 is 0 Å². The summed E-state index contributed by atoms with van der Waals surface area (Å²) in [5.74, 6) is -0.119. The van der Waals surface area contributed by atoms with Crippen molar-refractivity contribution in [2.45, 2.75) is 25.0 Å². The number of hydrogen-bond acceptors (Lipinski definition) is 5. The molecule has 0 amide bonds. The fraction of sp³-hybridized carbons (Fsp3) is 0.316. The highest BCUT2D eigenvalue weighted by Crippen LogP contribution is 2.34. The van der Waals surface area contributed by atoms with Crippen LogP contribution >= 0.6 is 0 Å². The summed E-state index contributed by atoms with van der Waals surface area (Å²) in [6, 6.07) is 14.7. The number of rotatable bonds is 5. The van der Waals surface area contributed by atoms with Gasteiger partial charge in [-0.1, -0.05) is 48.5 Å². The van der Waals surface area contributed by atoms with Crippen LogP contribution in [0.1, 0.15) is 13.8 Å². The van der Waals surface area contributed by atoms with E-state index in [0.717, 1.165) is 17.0 Å². The molecule has 0 bridgehead atoms. The van der Waals surface area contributed by atoms with Crippen molar-refractivity contribution in [3.05, 3.63) is 48.5 Å². The van der Waals surface area contributed by atoms with E-state index in [1.165, 1.54) is 0 Å². The summed E-state index contributed by atoms with van der Waals surface area (Å²) in [5.41, 5.74) is 3.21. The number of para-hydroxylation sites is 1. The van der Waals surface area contributed by atoms with Gasteiger partial charge in [-0.05, 0) is 19.1 Å². The van der Waals surface area contributed by atoms with E-state index in [4.69, 9.17) is 4.84 Å². The number of hydrogen-bond donors (Lipinski definition) is 1. The van der Waals surface area contributed by atoms with Gasteiger partial charge in [-0.25, -0.2) is 8.42 Å². The minimum atomic E-state index is -3.79. The minimum absolute atomic E-state index is 0.119. The van der Waals surface area contributed by atoms with Gasteiger partial charge in [0.2, 0.25) is 10.0 Å². The third kappa shape index (κ3) is 3.45. The summed E-state index contributed by atoms with van der Waals surface area (Å²) >= 11 is 0. The Morgan fingerprint density at radius 1 is 1.04 bits per heavy atom. The molecule has 2 aromatic rings. The van der Waals surface area contributed by atoms with Gasteiger partial charge < -0.3 is 9.74 Å². The molecular formula is C19H23N3O3S. The summed E-state index contributed by atoms with van der Waals surface area (Å²) < 4.78 is 28.8. The van der Waals surface area contributed by atoms with Crippen LogP contribution in [-0.2, 0) is 14.9 Å². The second-order valence-electron chi connectivity index (χ2n) is 6.58. The maximum atomic E-state index is 13.1. The molecule has 2 aromatic carbocycles. The maximum Gasteiger partial charge on any atom is 0.244 e. The lowest BCUT2D eigenvalue weighted by Gasteiger charge is -2.21. The molecule has 2 atom stereocenters. The third-order valence-corrected chi connectivity index (χ3v) is 6.02. The predicted molar refractivity (Wildman–Crippen MR) is 104 cm³/mol. The van der Waals surface area contributed by atoms with E-state index >= 15 is 0 Å². The fourth-order valence-corrected chi connectivity index (χ4v) is 4.29. The quantitative estimate of drug-likeness (QED) is 0.874. The fourth-order valence-electron chi connectivity index (χ4n) is 2.89. The topological polar surface area (TPSA) is 71.0 Å². The molecule has 1 N–H and O–H groups in total. The van der Waals surface area contributed by atoms with E-state index in [1.54, 1.807) is 12.1 Å². The largest absolute Gasteiger partial charge is 0.377 e. The lowest BCUT2D eigenvalue weighted by atomic mass is 10.0. The van der Waals surface area contributed by atoms with Gasteiger partial charge in [0, 0.05) is 30.9 Å². The van der Waals surface area contributed by atoms with Crippen LogP contribution in [0.25, 0.3) is 11.1 Å². The molecule has 1 heterocycles. The molecule has 138 valence electrons. The highest BCUT2D eigenvalue weighted by atomic mass is 32.2. The van der Waals surface area contributed by atoms with Crippen molar-refractivity contribution in [3.8, 4) is 11.1 Å². The first kappa shape index (κ1) is 18.4. The van der Waals surface area contributed by atoms with Crippen LogP contribution in [0, 0.1) is 5.92 Å². The van der Waals surface area contributed by atoms with E-state index in [-0.39, 0.29) is 10.8 Å². The van der Waals surface area contributed by atoms with Crippen LogP contribution < -0.4 is 9.62 Å². The van der Waals surface area contributed by atoms with Crippen LogP contribution in [-0.4, -0.2) is 34.5 Å². The predicted octanol–water partition coefficient (Wildman–Crippen LogP) is 3.07. The van der Waals surface area contributed by atoms with Gasteiger partial charge in [0.25, 0.3) is 0 Å². The lowest BCUT2D eigenvalue weighted by Crippen LogP contribution is -2.39. The minimum Gasteiger partial charge on any atom is -0.377 e.